The van der Waals surface area contributed by atoms with E-state index in [1.165, 1.54) is 24.1 Å². The van der Waals surface area contributed by atoms with E-state index >= 15 is 0 Å². The third kappa shape index (κ3) is 3.07. The third-order valence-corrected chi connectivity index (χ3v) is 5.50. The van der Waals surface area contributed by atoms with Crippen molar-refractivity contribution in [1.82, 2.24) is 9.19 Å². The maximum atomic E-state index is 14.3. The molecule has 136 valence electrons. The van der Waals surface area contributed by atoms with Gasteiger partial charge in [0.1, 0.15) is 0 Å². The minimum Gasteiger partial charge on any atom is -0.464 e. The van der Waals surface area contributed by atoms with Gasteiger partial charge in [-0.1, -0.05) is 30.3 Å². The normalized spacial score (nSPS) is 11.8. The zero-order valence-corrected chi connectivity index (χ0v) is 15.7. The van der Waals surface area contributed by atoms with E-state index in [-0.39, 0.29) is 0 Å². The van der Waals surface area contributed by atoms with E-state index in [2.05, 4.69) is 9.84 Å². The number of ether oxygens (including phenoxy) is 1. The van der Waals surface area contributed by atoms with Crippen molar-refractivity contribution >= 4 is 28.8 Å². The number of hydrogen-bond donors (Lipinski definition) is 0. The number of aryl methyl sites for hydroxylation is 3. The van der Waals surface area contributed by atoms with E-state index in [1.807, 2.05) is 39.0 Å². The molecule has 3 aromatic rings. The Balaban J connectivity index is 2.12. The molecule has 2 aromatic carbocycles. The molecule has 0 aliphatic rings. The highest BCUT2D eigenvalue weighted by Crippen LogP contribution is 2.35. The van der Waals surface area contributed by atoms with Crippen molar-refractivity contribution in [3.8, 4) is 0 Å². The number of hydrogen-bond acceptors (Lipinski definition) is 4. The standard InChI is InChI=1S/C19H18F2N2O2S/c1-11-6-5-7-12(2)17(11)26-23-16-10-14(19(20,21)18(24)25-4)8-9-15(16)13(3)22-23/h5-10H,1-4H3. The molecule has 0 saturated heterocycles. The number of benzene rings is 2. The Morgan fingerprint density at radius 1 is 1.15 bits per heavy atom. The molecule has 0 radical (unpaired) electrons. The van der Waals surface area contributed by atoms with Gasteiger partial charge in [0.25, 0.3) is 0 Å². The largest absolute Gasteiger partial charge is 0.464 e. The van der Waals surface area contributed by atoms with Gasteiger partial charge < -0.3 is 4.74 Å². The van der Waals surface area contributed by atoms with Crippen molar-refractivity contribution in [3.05, 3.63) is 58.8 Å². The summed E-state index contributed by atoms with van der Waals surface area (Å²) in [4.78, 5) is 12.5. The number of methoxy groups -OCH3 is 1. The summed E-state index contributed by atoms with van der Waals surface area (Å²) in [6.45, 7) is 5.80. The Bertz CT molecular complexity index is 978. The average Bonchev–Trinajstić information content (AvgIpc) is 2.93. The van der Waals surface area contributed by atoms with Crippen molar-refractivity contribution in [1.29, 1.82) is 0 Å². The van der Waals surface area contributed by atoms with Gasteiger partial charge in [-0.25, -0.2) is 8.88 Å². The van der Waals surface area contributed by atoms with E-state index in [1.54, 1.807) is 10.2 Å². The smallest absolute Gasteiger partial charge is 0.381 e. The van der Waals surface area contributed by atoms with Crippen LogP contribution in [0.25, 0.3) is 10.9 Å². The summed E-state index contributed by atoms with van der Waals surface area (Å²) >= 11 is 1.37. The third-order valence-electron chi connectivity index (χ3n) is 4.23. The molecule has 0 fully saturated rings. The summed E-state index contributed by atoms with van der Waals surface area (Å²) in [5, 5.41) is 5.23. The lowest BCUT2D eigenvalue weighted by molar-refractivity contribution is -0.170. The monoisotopic (exact) mass is 376 g/mol. The minimum atomic E-state index is -3.71. The number of halogens is 2. The Kier molecular flexibility index (Phi) is 4.75. The van der Waals surface area contributed by atoms with Crippen LogP contribution in [-0.2, 0) is 15.5 Å². The average molecular weight is 376 g/mol. The zero-order chi connectivity index (χ0) is 19.1. The highest BCUT2D eigenvalue weighted by atomic mass is 32.2. The summed E-state index contributed by atoms with van der Waals surface area (Å²) in [6.07, 6.45) is 0. The second-order valence-electron chi connectivity index (χ2n) is 6.07. The molecule has 0 spiro atoms. The van der Waals surface area contributed by atoms with Crippen molar-refractivity contribution in [3.63, 3.8) is 0 Å². The highest BCUT2D eigenvalue weighted by molar-refractivity contribution is 7.98. The molecule has 1 heterocycles. The van der Waals surface area contributed by atoms with Crippen LogP contribution in [0.1, 0.15) is 22.4 Å². The van der Waals surface area contributed by atoms with Crippen LogP contribution in [0.2, 0.25) is 0 Å². The van der Waals surface area contributed by atoms with Crippen molar-refractivity contribution in [2.75, 3.05) is 7.11 Å². The molecule has 1 aromatic heterocycles. The van der Waals surface area contributed by atoms with Crippen LogP contribution in [-0.4, -0.2) is 22.3 Å². The molecule has 0 amide bonds. The van der Waals surface area contributed by atoms with Crippen LogP contribution in [0.4, 0.5) is 8.78 Å². The molecule has 0 N–H and O–H groups in total. The van der Waals surface area contributed by atoms with Crippen LogP contribution in [0.3, 0.4) is 0 Å². The Morgan fingerprint density at radius 2 is 1.81 bits per heavy atom. The molecule has 0 aliphatic carbocycles. The fourth-order valence-corrected chi connectivity index (χ4v) is 3.79. The van der Waals surface area contributed by atoms with Crippen LogP contribution >= 0.6 is 11.9 Å². The summed E-state index contributed by atoms with van der Waals surface area (Å²) in [7, 11) is 0.944. The number of esters is 1. The first-order valence-electron chi connectivity index (χ1n) is 7.96. The molecule has 3 rings (SSSR count). The van der Waals surface area contributed by atoms with Gasteiger partial charge in [-0.3, -0.25) is 0 Å². The summed E-state index contributed by atoms with van der Waals surface area (Å²) in [6, 6.07) is 10.0. The minimum absolute atomic E-state index is 0.417. The highest BCUT2D eigenvalue weighted by Gasteiger charge is 2.42. The fourth-order valence-electron chi connectivity index (χ4n) is 2.78. The molecule has 0 atom stereocenters. The summed E-state index contributed by atoms with van der Waals surface area (Å²) in [5.41, 5.74) is 2.99. The number of rotatable bonds is 4. The van der Waals surface area contributed by atoms with Gasteiger partial charge in [0, 0.05) is 27.8 Å². The lowest BCUT2D eigenvalue weighted by Crippen LogP contribution is -2.27. The van der Waals surface area contributed by atoms with Crippen LogP contribution in [0.5, 0.6) is 0 Å². The number of carbonyl (C=O) groups is 1. The van der Waals surface area contributed by atoms with Gasteiger partial charge in [-0.15, -0.1) is 0 Å². The Labute approximate surface area is 154 Å². The topological polar surface area (TPSA) is 44.1 Å². The van der Waals surface area contributed by atoms with Gasteiger partial charge in [-0.2, -0.15) is 13.9 Å². The van der Waals surface area contributed by atoms with Gasteiger partial charge in [-0.05, 0) is 38.0 Å². The van der Waals surface area contributed by atoms with Crippen LogP contribution < -0.4 is 0 Å². The second kappa shape index (κ2) is 6.72. The van der Waals surface area contributed by atoms with E-state index in [0.29, 0.717) is 5.52 Å². The molecule has 0 unspecified atom stereocenters. The summed E-state index contributed by atoms with van der Waals surface area (Å²) in [5.74, 6) is -5.29. The van der Waals surface area contributed by atoms with Gasteiger partial charge in [0.15, 0.2) is 0 Å². The molecular weight excluding hydrogens is 358 g/mol. The first kappa shape index (κ1) is 18.4. The maximum Gasteiger partial charge on any atom is 0.381 e. The number of nitrogens with zero attached hydrogens (tertiary/aromatic N) is 2. The quantitative estimate of drug-likeness (QED) is 0.615. The second-order valence-corrected chi connectivity index (χ2v) is 7.01. The Hall–Kier alpha value is -2.41. The lowest BCUT2D eigenvalue weighted by Gasteiger charge is -2.14. The fraction of sp³-hybridized carbons (Fsp3) is 0.263. The predicted molar refractivity (Wildman–Crippen MR) is 97.6 cm³/mol. The maximum absolute atomic E-state index is 14.3. The molecule has 0 aliphatic heterocycles. The van der Waals surface area contributed by atoms with Crippen molar-refractivity contribution in [2.24, 2.45) is 0 Å². The van der Waals surface area contributed by atoms with E-state index in [9.17, 15) is 13.6 Å². The SMILES string of the molecule is COC(=O)C(F)(F)c1ccc2c(C)nn(Sc3c(C)cccc3C)c2c1. The number of fused-ring (bicyclic) bond motifs is 1. The molecule has 26 heavy (non-hydrogen) atoms. The van der Waals surface area contributed by atoms with E-state index < -0.39 is 17.5 Å². The summed E-state index contributed by atoms with van der Waals surface area (Å²) < 4.78 is 34.4. The first-order chi connectivity index (χ1) is 12.3. The predicted octanol–water partition coefficient (Wildman–Crippen LogP) is 4.78. The molecule has 4 nitrogen and oxygen atoms in total. The molecule has 7 heteroatoms. The van der Waals surface area contributed by atoms with E-state index in [0.717, 1.165) is 34.2 Å². The molecule has 0 bridgehead atoms. The molecule has 0 saturated carbocycles. The number of aromatic nitrogens is 2. The van der Waals surface area contributed by atoms with Crippen molar-refractivity contribution < 1.29 is 18.3 Å². The Morgan fingerprint density at radius 3 is 2.42 bits per heavy atom. The van der Waals surface area contributed by atoms with Crippen LogP contribution in [0.15, 0.2) is 41.3 Å². The van der Waals surface area contributed by atoms with Crippen LogP contribution in [0, 0.1) is 20.8 Å². The molecular formula is C19H18F2N2O2S. The number of alkyl halides is 2. The number of carbonyl (C=O) groups excluding carboxylic acids is 1. The zero-order valence-electron chi connectivity index (χ0n) is 14.8. The lowest BCUT2D eigenvalue weighted by atomic mass is 10.1. The van der Waals surface area contributed by atoms with Gasteiger partial charge >= 0.3 is 11.9 Å². The van der Waals surface area contributed by atoms with Gasteiger partial charge in [0.2, 0.25) is 0 Å². The van der Waals surface area contributed by atoms with Crippen molar-refractivity contribution in [2.45, 2.75) is 31.6 Å². The first-order valence-corrected chi connectivity index (χ1v) is 8.73. The van der Waals surface area contributed by atoms with E-state index in [4.69, 9.17) is 0 Å². The van der Waals surface area contributed by atoms with Gasteiger partial charge in [0.05, 0.1) is 18.3 Å².